The van der Waals surface area contributed by atoms with Crippen molar-refractivity contribution >= 4 is 15.6 Å². The Morgan fingerprint density at radius 2 is 1.72 bits per heavy atom. The van der Waals surface area contributed by atoms with Crippen molar-refractivity contribution in [3.8, 4) is 0 Å². The Balaban J connectivity index is 4.16. The summed E-state index contributed by atoms with van der Waals surface area (Å²) in [5, 5.41) is 0. The van der Waals surface area contributed by atoms with Gasteiger partial charge in [0.15, 0.2) is 0 Å². The van der Waals surface area contributed by atoms with Crippen LogP contribution in [0.25, 0.3) is 0 Å². The number of carbonyl (C=O) groups is 1. The summed E-state index contributed by atoms with van der Waals surface area (Å²) in [5.74, 6) is 0.402. The minimum absolute atomic E-state index is 0.0340. The lowest BCUT2D eigenvalue weighted by Crippen LogP contribution is -2.24. The summed E-state index contributed by atoms with van der Waals surface area (Å²) in [6.07, 6.45) is 3.45. The third kappa shape index (κ3) is 8.64. The lowest BCUT2D eigenvalue weighted by Gasteiger charge is -2.30. The zero-order chi connectivity index (χ0) is 14.4. The Kier molecular flexibility index (Phi) is 7.07. The molecule has 0 amide bonds. The van der Waals surface area contributed by atoms with Crippen molar-refractivity contribution in [3.63, 3.8) is 0 Å². The van der Waals surface area contributed by atoms with Crippen LogP contribution in [0.5, 0.6) is 0 Å². The van der Waals surface area contributed by atoms with Crippen LogP contribution in [-0.2, 0) is 14.6 Å². The van der Waals surface area contributed by atoms with E-state index in [1.807, 2.05) is 0 Å². The smallest absolute Gasteiger partial charge is 0.147 e. The third-order valence-corrected chi connectivity index (χ3v) is 4.21. The van der Waals surface area contributed by atoms with Crippen LogP contribution in [0.4, 0.5) is 0 Å². The molecule has 0 aliphatic rings. The maximum atomic E-state index is 11.6. The second-order valence-electron chi connectivity index (χ2n) is 6.10. The standard InChI is InChI=1S/C13H27NO3S/c1-13(2,3)11(7-9-14)5-6-12(15)8-10-18(4,16)17/h11H,5-10,14H2,1-4H3. The van der Waals surface area contributed by atoms with E-state index in [0.29, 0.717) is 18.9 Å². The SMILES string of the molecule is CC(C)(C)C(CCN)CCC(=O)CCS(C)(=O)=O. The number of nitrogens with two attached hydrogens (primary N) is 1. The van der Waals surface area contributed by atoms with Crippen LogP contribution >= 0.6 is 0 Å². The molecule has 18 heavy (non-hydrogen) atoms. The van der Waals surface area contributed by atoms with E-state index in [9.17, 15) is 13.2 Å². The van der Waals surface area contributed by atoms with E-state index in [1.165, 1.54) is 0 Å². The molecule has 2 N–H and O–H groups in total. The summed E-state index contributed by atoms with van der Waals surface area (Å²) < 4.78 is 21.9. The molecule has 1 unspecified atom stereocenters. The Labute approximate surface area is 111 Å². The van der Waals surface area contributed by atoms with Crippen LogP contribution in [0.2, 0.25) is 0 Å². The molecule has 0 radical (unpaired) electrons. The number of hydrogen-bond acceptors (Lipinski definition) is 4. The van der Waals surface area contributed by atoms with E-state index in [0.717, 1.165) is 19.1 Å². The second kappa shape index (κ2) is 7.24. The van der Waals surface area contributed by atoms with Gasteiger partial charge < -0.3 is 5.73 Å². The van der Waals surface area contributed by atoms with E-state index in [4.69, 9.17) is 5.73 Å². The van der Waals surface area contributed by atoms with Gasteiger partial charge in [0.25, 0.3) is 0 Å². The van der Waals surface area contributed by atoms with Gasteiger partial charge in [0, 0.05) is 19.1 Å². The highest BCUT2D eigenvalue weighted by Crippen LogP contribution is 2.32. The fraction of sp³-hybridized carbons (Fsp3) is 0.923. The minimum atomic E-state index is -3.04. The highest BCUT2D eigenvalue weighted by molar-refractivity contribution is 7.90. The molecule has 108 valence electrons. The number of hydrogen-bond donors (Lipinski definition) is 1. The molecule has 0 spiro atoms. The molecule has 0 aromatic rings. The first kappa shape index (κ1) is 17.6. The molecule has 0 aliphatic heterocycles. The first-order valence-electron chi connectivity index (χ1n) is 6.45. The quantitative estimate of drug-likeness (QED) is 0.733. The summed E-state index contributed by atoms with van der Waals surface area (Å²) >= 11 is 0. The van der Waals surface area contributed by atoms with Gasteiger partial charge in [-0.25, -0.2) is 8.42 Å². The normalized spacial score (nSPS) is 14.5. The first-order chi connectivity index (χ1) is 8.06. The van der Waals surface area contributed by atoms with Gasteiger partial charge in [-0.15, -0.1) is 0 Å². The second-order valence-corrected chi connectivity index (χ2v) is 8.36. The van der Waals surface area contributed by atoms with Crippen LogP contribution in [0.3, 0.4) is 0 Å². The summed E-state index contributed by atoms with van der Waals surface area (Å²) in [7, 11) is -3.04. The maximum Gasteiger partial charge on any atom is 0.147 e. The lowest BCUT2D eigenvalue weighted by atomic mass is 9.76. The molecule has 0 aromatic carbocycles. The fourth-order valence-corrected chi connectivity index (χ4v) is 2.57. The van der Waals surface area contributed by atoms with E-state index in [2.05, 4.69) is 20.8 Å². The van der Waals surface area contributed by atoms with E-state index < -0.39 is 9.84 Å². The molecule has 0 aromatic heterocycles. The molecule has 0 fully saturated rings. The topological polar surface area (TPSA) is 77.2 Å². The summed E-state index contributed by atoms with van der Waals surface area (Å²) in [5.41, 5.74) is 5.72. The number of carbonyl (C=O) groups excluding carboxylic acids is 1. The average molecular weight is 277 g/mol. The molecule has 0 rings (SSSR count). The van der Waals surface area contributed by atoms with Crippen molar-refractivity contribution in [2.75, 3.05) is 18.6 Å². The number of rotatable bonds is 8. The summed E-state index contributed by atoms with van der Waals surface area (Å²) in [6, 6.07) is 0. The van der Waals surface area contributed by atoms with E-state index in [-0.39, 0.29) is 23.4 Å². The van der Waals surface area contributed by atoms with Crippen LogP contribution in [0.1, 0.15) is 46.5 Å². The third-order valence-electron chi connectivity index (χ3n) is 3.26. The number of sulfone groups is 1. The molecule has 0 aliphatic carbocycles. The minimum Gasteiger partial charge on any atom is -0.330 e. The predicted molar refractivity (Wildman–Crippen MR) is 75.2 cm³/mol. The predicted octanol–water partition coefficient (Wildman–Crippen LogP) is 1.78. The first-order valence-corrected chi connectivity index (χ1v) is 8.52. The highest BCUT2D eigenvalue weighted by Gasteiger charge is 2.24. The van der Waals surface area contributed by atoms with Crippen molar-refractivity contribution in [3.05, 3.63) is 0 Å². The van der Waals surface area contributed by atoms with Crippen molar-refractivity contribution in [1.82, 2.24) is 0 Å². The lowest BCUT2D eigenvalue weighted by molar-refractivity contribution is -0.119. The molecule has 5 heteroatoms. The molecule has 4 nitrogen and oxygen atoms in total. The maximum absolute atomic E-state index is 11.6. The van der Waals surface area contributed by atoms with Gasteiger partial charge in [0.1, 0.15) is 15.6 Å². The van der Waals surface area contributed by atoms with Crippen LogP contribution in [-0.4, -0.2) is 32.8 Å². The Bertz CT molecular complexity index is 355. The van der Waals surface area contributed by atoms with Gasteiger partial charge in [-0.1, -0.05) is 20.8 Å². The molecular weight excluding hydrogens is 250 g/mol. The van der Waals surface area contributed by atoms with E-state index >= 15 is 0 Å². The zero-order valence-electron chi connectivity index (χ0n) is 12.0. The molecule has 0 heterocycles. The average Bonchev–Trinajstić information content (AvgIpc) is 2.18. The van der Waals surface area contributed by atoms with Gasteiger partial charge >= 0.3 is 0 Å². The van der Waals surface area contributed by atoms with Gasteiger partial charge in [-0.2, -0.15) is 0 Å². The molecule has 1 atom stereocenters. The van der Waals surface area contributed by atoms with Crippen molar-refractivity contribution < 1.29 is 13.2 Å². The van der Waals surface area contributed by atoms with Crippen LogP contribution in [0, 0.1) is 11.3 Å². The van der Waals surface area contributed by atoms with Gasteiger partial charge in [0.2, 0.25) is 0 Å². The number of Topliss-reactive ketones (excluding diaryl/α,β-unsaturated/α-hetero) is 1. The van der Waals surface area contributed by atoms with Crippen LogP contribution in [0.15, 0.2) is 0 Å². The van der Waals surface area contributed by atoms with Crippen molar-refractivity contribution in [1.29, 1.82) is 0 Å². The summed E-state index contributed by atoms with van der Waals surface area (Å²) in [4.78, 5) is 11.6. The monoisotopic (exact) mass is 277 g/mol. The number of ketones is 1. The van der Waals surface area contributed by atoms with Gasteiger partial charge in [-0.05, 0) is 30.7 Å². The van der Waals surface area contributed by atoms with Gasteiger partial charge in [0.05, 0.1) is 5.75 Å². The van der Waals surface area contributed by atoms with Crippen molar-refractivity contribution in [2.45, 2.75) is 46.5 Å². The Morgan fingerprint density at radius 1 is 1.17 bits per heavy atom. The fourth-order valence-electron chi connectivity index (χ4n) is 1.97. The summed E-state index contributed by atoms with van der Waals surface area (Å²) in [6.45, 7) is 7.07. The molecule has 0 saturated carbocycles. The Hall–Kier alpha value is -0.420. The van der Waals surface area contributed by atoms with Crippen molar-refractivity contribution in [2.24, 2.45) is 17.1 Å². The molecule has 0 saturated heterocycles. The van der Waals surface area contributed by atoms with E-state index in [1.54, 1.807) is 0 Å². The zero-order valence-corrected chi connectivity index (χ0v) is 12.8. The van der Waals surface area contributed by atoms with Crippen LogP contribution < -0.4 is 5.73 Å². The van der Waals surface area contributed by atoms with Gasteiger partial charge in [-0.3, -0.25) is 4.79 Å². The molecular formula is C13H27NO3S. The largest absolute Gasteiger partial charge is 0.330 e. The molecule has 0 bridgehead atoms. The Morgan fingerprint density at radius 3 is 2.11 bits per heavy atom. The highest BCUT2D eigenvalue weighted by atomic mass is 32.2.